The summed E-state index contributed by atoms with van der Waals surface area (Å²) in [5.41, 5.74) is 1.43. The van der Waals surface area contributed by atoms with Gasteiger partial charge in [0.15, 0.2) is 0 Å². The zero-order chi connectivity index (χ0) is 18.4. The quantitative estimate of drug-likeness (QED) is 0.789. The molecule has 25 heavy (non-hydrogen) atoms. The molecule has 1 aromatic heterocycles. The number of furan rings is 1. The SMILES string of the molecule is Cc1oc(CN(C)C(=O)C(C)CCCc2ccccc2)cc1C(=O)O. The Morgan fingerprint density at radius 2 is 1.92 bits per heavy atom. The summed E-state index contributed by atoms with van der Waals surface area (Å²) in [7, 11) is 1.72. The van der Waals surface area contributed by atoms with Crippen molar-refractivity contribution in [2.75, 3.05) is 7.05 Å². The molecule has 1 atom stereocenters. The topological polar surface area (TPSA) is 70.8 Å². The number of amides is 1. The molecular weight excluding hydrogens is 318 g/mol. The molecule has 0 aliphatic rings. The van der Waals surface area contributed by atoms with Gasteiger partial charge in [-0.1, -0.05) is 37.3 Å². The lowest BCUT2D eigenvalue weighted by Gasteiger charge is -2.20. The molecule has 1 amide bonds. The van der Waals surface area contributed by atoms with Crippen molar-refractivity contribution in [3.8, 4) is 0 Å². The van der Waals surface area contributed by atoms with Crippen molar-refractivity contribution in [2.24, 2.45) is 5.92 Å². The van der Waals surface area contributed by atoms with Crippen molar-refractivity contribution in [2.45, 2.75) is 39.7 Å². The van der Waals surface area contributed by atoms with Crippen LogP contribution in [0.5, 0.6) is 0 Å². The van der Waals surface area contributed by atoms with E-state index in [1.165, 1.54) is 11.6 Å². The van der Waals surface area contributed by atoms with Gasteiger partial charge in [0, 0.05) is 13.0 Å². The lowest BCUT2D eigenvalue weighted by Crippen LogP contribution is -2.31. The van der Waals surface area contributed by atoms with Crippen LogP contribution in [0, 0.1) is 12.8 Å². The van der Waals surface area contributed by atoms with Crippen LogP contribution in [0.15, 0.2) is 40.8 Å². The van der Waals surface area contributed by atoms with E-state index >= 15 is 0 Å². The zero-order valence-electron chi connectivity index (χ0n) is 15.0. The van der Waals surface area contributed by atoms with Crippen LogP contribution in [0.25, 0.3) is 0 Å². The first-order valence-electron chi connectivity index (χ1n) is 8.50. The lowest BCUT2D eigenvalue weighted by atomic mass is 10.00. The Kier molecular flexibility index (Phi) is 6.39. The maximum Gasteiger partial charge on any atom is 0.339 e. The van der Waals surface area contributed by atoms with Crippen LogP contribution in [0.2, 0.25) is 0 Å². The lowest BCUT2D eigenvalue weighted by molar-refractivity contribution is -0.134. The average molecular weight is 343 g/mol. The summed E-state index contributed by atoms with van der Waals surface area (Å²) in [5.74, 6) is -0.208. The molecule has 0 fully saturated rings. The summed E-state index contributed by atoms with van der Waals surface area (Å²) in [6.45, 7) is 3.82. The fraction of sp³-hybridized carbons (Fsp3) is 0.400. The Morgan fingerprint density at radius 1 is 1.24 bits per heavy atom. The molecule has 0 saturated carbocycles. The maximum atomic E-state index is 12.5. The van der Waals surface area contributed by atoms with Gasteiger partial charge >= 0.3 is 5.97 Å². The number of carboxylic acids is 1. The van der Waals surface area contributed by atoms with E-state index in [1.807, 2.05) is 25.1 Å². The number of carbonyl (C=O) groups is 2. The Bertz CT molecular complexity index is 721. The first-order valence-corrected chi connectivity index (χ1v) is 8.50. The zero-order valence-corrected chi connectivity index (χ0v) is 15.0. The standard InChI is InChI=1S/C20H25NO4/c1-14(8-7-11-16-9-5-4-6-10-16)19(22)21(3)13-17-12-18(20(23)24)15(2)25-17/h4-6,9-10,12,14H,7-8,11,13H2,1-3H3,(H,23,24). The van der Waals surface area contributed by atoms with Gasteiger partial charge in [0.25, 0.3) is 0 Å². The van der Waals surface area contributed by atoms with Gasteiger partial charge < -0.3 is 14.4 Å². The monoisotopic (exact) mass is 343 g/mol. The number of hydrogen-bond acceptors (Lipinski definition) is 3. The number of aryl methyl sites for hydroxylation is 2. The predicted octanol–water partition coefficient (Wildman–Crippen LogP) is 3.90. The van der Waals surface area contributed by atoms with Crippen LogP contribution in [0.4, 0.5) is 0 Å². The first-order chi connectivity index (χ1) is 11.9. The van der Waals surface area contributed by atoms with Gasteiger partial charge in [-0.3, -0.25) is 4.79 Å². The minimum absolute atomic E-state index is 0.0407. The molecule has 2 rings (SSSR count). The largest absolute Gasteiger partial charge is 0.478 e. The van der Waals surface area contributed by atoms with Crippen LogP contribution < -0.4 is 0 Å². The number of carbonyl (C=O) groups excluding carboxylic acids is 1. The van der Waals surface area contributed by atoms with E-state index in [4.69, 9.17) is 9.52 Å². The molecule has 1 N–H and O–H groups in total. The molecule has 0 aliphatic heterocycles. The summed E-state index contributed by atoms with van der Waals surface area (Å²) in [4.78, 5) is 25.1. The van der Waals surface area contributed by atoms with Gasteiger partial charge in [0.1, 0.15) is 17.1 Å². The molecule has 134 valence electrons. The second-order valence-electron chi connectivity index (χ2n) is 6.46. The first kappa shape index (κ1) is 18.8. The van der Waals surface area contributed by atoms with Crippen LogP contribution in [0.1, 0.15) is 47.2 Å². The van der Waals surface area contributed by atoms with Gasteiger partial charge in [-0.2, -0.15) is 0 Å². The normalized spacial score (nSPS) is 12.0. The van der Waals surface area contributed by atoms with Gasteiger partial charge in [0.05, 0.1) is 6.54 Å². The molecule has 0 bridgehead atoms. The summed E-state index contributed by atoms with van der Waals surface area (Å²) in [6.07, 6.45) is 2.73. The van der Waals surface area contributed by atoms with E-state index in [-0.39, 0.29) is 23.9 Å². The highest BCUT2D eigenvalue weighted by Gasteiger charge is 2.20. The second-order valence-corrected chi connectivity index (χ2v) is 6.46. The predicted molar refractivity (Wildman–Crippen MR) is 95.4 cm³/mol. The fourth-order valence-electron chi connectivity index (χ4n) is 2.90. The van der Waals surface area contributed by atoms with E-state index in [0.717, 1.165) is 19.3 Å². The van der Waals surface area contributed by atoms with Crippen LogP contribution in [-0.4, -0.2) is 28.9 Å². The summed E-state index contributed by atoms with van der Waals surface area (Å²) in [5, 5.41) is 9.06. The van der Waals surface area contributed by atoms with Gasteiger partial charge in [0.2, 0.25) is 5.91 Å². The molecule has 0 spiro atoms. The molecular formula is C20H25NO4. The molecule has 5 nitrogen and oxygen atoms in total. The van der Waals surface area contributed by atoms with Crippen molar-refractivity contribution in [3.63, 3.8) is 0 Å². The molecule has 0 radical (unpaired) electrons. The Hall–Kier alpha value is -2.56. The molecule has 5 heteroatoms. The highest BCUT2D eigenvalue weighted by Crippen LogP contribution is 2.18. The summed E-state index contributed by atoms with van der Waals surface area (Å²) >= 11 is 0. The molecule has 1 heterocycles. The van der Waals surface area contributed by atoms with Gasteiger partial charge in [-0.05, 0) is 37.8 Å². The molecule has 2 aromatic rings. The van der Waals surface area contributed by atoms with Gasteiger partial charge in [-0.15, -0.1) is 0 Å². The van der Waals surface area contributed by atoms with Crippen molar-refractivity contribution in [1.82, 2.24) is 4.90 Å². The maximum absolute atomic E-state index is 12.5. The summed E-state index contributed by atoms with van der Waals surface area (Å²) in [6, 6.07) is 11.7. The van der Waals surface area contributed by atoms with E-state index in [9.17, 15) is 9.59 Å². The second kappa shape index (κ2) is 8.51. The summed E-state index contributed by atoms with van der Waals surface area (Å²) < 4.78 is 5.44. The Morgan fingerprint density at radius 3 is 2.52 bits per heavy atom. The van der Waals surface area contributed by atoms with Crippen LogP contribution in [-0.2, 0) is 17.8 Å². The number of nitrogens with zero attached hydrogens (tertiary/aromatic N) is 1. The van der Waals surface area contributed by atoms with Crippen molar-refractivity contribution < 1.29 is 19.1 Å². The third-order valence-corrected chi connectivity index (χ3v) is 4.34. The van der Waals surface area contributed by atoms with Gasteiger partial charge in [-0.25, -0.2) is 4.79 Å². The third kappa shape index (κ3) is 5.21. The highest BCUT2D eigenvalue weighted by atomic mass is 16.4. The minimum atomic E-state index is -1.02. The van der Waals surface area contributed by atoms with Crippen molar-refractivity contribution in [3.05, 3.63) is 59.0 Å². The smallest absolute Gasteiger partial charge is 0.339 e. The third-order valence-electron chi connectivity index (χ3n) is 4.34. The number of rotatable bonds is 8. The Balaban J connectivity index is 1.84. The van der Waals surface area contributed by atoms with Crippen molar-refractivity contribution >= 4 is 11.9 Å². The molecule has 0 aliphatic carbocycles. The Labute approximate surface area is 148 Å². The number of hydrogen-bond donors (Lipinski definition) is 1. The number of benzene rings is 1. The van der Waals surface area contributed by atoms with E-state index in [0.29, 0.717) is 11.5 Å². The molecule has 1 unspecified atom stereocenters. The average Bonchev–Trinajstić information content (AvgIpc) is 2.95. The minimum Gasteiger partial charge on any atom is -0.478 e. The fourth-order valence-corrected chi connectivity index (χ4v) is 2.90. The molecule has 0 saturated heterocycles. The van der Waals surface area contributed by atoms with Crippen molar-refractivity contribution in [1.29, 1.82) is 0 Å². The molecule has 1 aromatic carbocycles. The van der Waals surface area contributed by atoms with Crippen LogP contribution in [0.3, 0.4) is 0 Å². The van der Waals surface area contributed by atoms with E-state index in [1.54, 1.807) is 18.9 Å². The number of aromatic carboxylic acids is 1. The van der Waals surface area contributed by atoms with Crippen LogP contribution >= 0.6 is 0 Å². The van der Waals surface area contributed by atoms with E-state index in [2.05, 4.69) is 12.1 Å². The number of carboxylic acid groups (broad SMARTS) is 1. The highest BCUT2D eigenvalue weighted by molar-refractivity contribution is 5.88. The van der Waals surface area contributed by atoms with E-state index < -0.39 is 5.97 Å².